The number of nitrogens with zero attached hydrogens (tertiary/aromatic N) is 1. The molecule has 93 heavy (non-hydrogen) atoms. The molecular weight excluding hydrogens is 1150 g/mol. The first-order chi connectivity index (χ1) is 45.6. The predicted molar refractivity (Wildman–Crippen MR) is 401 cm³/mol. The van der Waals surface area contributed by atoms with Crippen molar-refractivity contribution in [3.05, 3.63) is 60.8 Å². The van der Waals surface area contributed by atoms with Crippen LogP contribution < -0.4 is 0 Å². The average molecular weight is 1310 g/mol. The predicted octanol–water partition coefficient (Wildman–Crippen LogP) is 25.8. The number of carboxylic acid groups (broad SMARTS) is 1. The summed E-state index contributed by atoms with van der Waals surface area (Å²) < 4.78 is 23.1. The number of carboxylic acids is 1. The number of hydrogen-bond donors (Lipinski definition) is 1. The van der Waals surface area contributed by atoms with Crippen LogP contribution in [0, 0.1) is 0 Å². The lowest BCUT2D eigenvalue weighted by atomic mass is 10.0. The van der Waals surface area contributed by atoms with Gasteiger partial charge in [0.05, 0.1) is 34.4 Å². The highest BCUT2D eigenvalue weighted by Gasteiger charge is 2.25. The number of esters is 2. The minimum Gasteiger partial charge on any atom is -0.477 e. The van der Waals surface area contributed by atoms with Crippen molar-refractivity contribution in [3.63, 3.8) is 0 Å². The minimum atomic E-state index is -1.51. The van der Waals surface area contributed by atoms with Gasteiger partial charge in [0.15, 0.2) is 6.10 Å². The molecule has 9 heteroatoms. The number of carbonyl (C=O) groups is 3. The Kier molecular flexibility index (Phi) is 72.4. The van der Waals surface area contributed by atoms with Crippen molar-refractivity contribution in [1.82, 2.24) is 0 Å². The second-order valence-corrected chi connectivity index (χ2v) is 28.7. The van der Waals surface area contributed by atoms with E-state index in [4.69, 9.17) is 18.9 Å². The fraction of sp³-hybridized carbons (Fsp3) is 0.845. The van der Waals surface area contributed by atoms with Crippen molar-refractivity contribution in [1.29, 1.82) is 0 Å². The van der Waals surface area contributed by atoms with Gasteiger partial charge in [0.2, 0.25) is 0 Å². The molecule has 0 aromatic heterocycles. The summed E-state index contributed by atoms with van der Waals surface area (Å²) in [5.74, 6) is -1.98. The SMILES string of the molecule is CC/C=C\C/C=C\C/C=C\C/C=C\CCCCCCCCCCCCCCCCCCC(=O)OC(COC(=O)CCCCCCCCCCCCCCCCCCCCCCCCCCCCC/C=C\CCCCCCCCCC)COC(OCC[N+](C)(C)C)C(=O)O. The summed E-state index contributed by atoms with van der Waals surface area (Å²) in [6.07, 6.45) is 96.8. The van der Waals surface area contributed by atoms with Crippen LogP contribution >= 0.6 is 0 Å². The van der Waals surface area contributed by atoms with Crippen molar-refractivity contribution in [2.75, 3.05) is 47.5 Å². The van der Waals surface area contributed by atoms with E-state index in [0.29, 0.717) is 17.4 Å². The maximum absolute atomic E-state index is 13.0. The Hall–Kier alpha value is -3.01. The van der Waals surface area contributed by atoms with E-state index in [1.807, 2.05) is 21.1 Å². The molecule has 0 aromatic carbocycles. The molecule has 0 fully saturated rings. The summed E-state index contributed by atoms with van der Waals surface area (Å²) in [5, 5.41) is 9.77. The maximum atomic E-state index is 13.0. The van der Waals surface area contributed by atoms with Crippen LogP contribution in [0.5, 0.6) is 0 Å². The third-order valence-corrected chi connectivity index (χ3v) is 18.3. The van der Waals surface area contributed by atoms with Gasteiger partial charge in [-0.25, -0.2) is 4.79 Å². The molecule has 1 N–H and O–H groups in total. The molecule has 0 aromatic rings. The highest BCUT2D eigenvalue weighted by molar-refractivity contribution is 5.71. The van der Waals surface area contributed by atoms with Crippen molar-refractivity contribution < 1.29 is 42.9 Å². The van der Waals surface area contributed by atoms with E-state index in [-0.39, 0.29) is 38.2 Å². The lowest BCUT2D eigenvalue weighted by Gasteiger charge is -2.25. The van der Waals surface area contributed by atoms with Crippen LogP contribution in [0.15, 0.2) is 60.8 Å². The largest absolute Gasteiger partial charge is 0.477 e. The second-order valence-electron chi connectivity index (χ2n) is 28.7. The van der Waals surface area contributed by atoms with Crippen LogP contribution in [0.1, 0.15) is 399 Å². The first kappa shape index (κ1) is 90.0. The number of rotatable bonds is 76. The monoisotopic (exact) mass is 1310 g/mol. The molecule has 0 aliphatic heterocycles. The number of likely N-dealkylation sites (N-methyl/N-ethyl adjacent to an activating group) is 1. The summed E-state index contributed by atoms with van der Waals surface area (Å²) in [6.45, 7) is 4.83. The van der Waals surface area contributed by atoms with Crippen molar-refractivity contribution in [2.24, 2.45) is 0 Å². The minimum absolute atomic E-state index is 0.178. The van der Waals surface area contributed by atoms with Gasteiger partial charge in [0.1, 0.15) is 13.2 Å². The third kappa shape index (κ3) is 76.2. The zero-order chi connectivity index (χ0) is 67.5. The Labute approximate surface area is 577 Å². The lowest BCUT2D eigenvalue weighted by Crippen LogP contribution is -2.40. The molecule has 0 rings (SSSR count). The first-order valence-corrected chi connectivity index (χ1v) is 40.5. The van der Waals surface area contributed by atoms with Gasteiger partial charge >= 0.3 is 17.9 Å². The number of hydrogen-bond acceptors (Lipinski definition) is 7. The van der Waals surface area contributed by atoms with Crippen LogP contribution in [-0.2, 0) is 33.3 Å². The summed E-state index contributed by atoms with van der Waals surface area (Å²) in [5.41, 5.74) is 0. The number of ether oxygens (including phenoxy) is 4. The van der Waals surface area contributed by atoms with Gasteiger partial charge in [-0.3, -0.25) is 9.59 Å². The number of aliphatic carboxylic acids is 1. The standard InChI is InChI=1S/C84H155NO8/c1-6-8-10-12-14-16-18-20-22-24-26-28-30-32-34-36-37-38-39-40-41-42-43-44-45-47-48-50-52-54-56-58-60-62-64-66-68-70-72-74-81(86)91-78-80(79-92-84(83(88)89)90-77-76-85(3,4)5)93-82(87)75-73-71-69-67-65-63-61-59-57-55-53-51-49-46-35-33-31-29-27-25-23-21-19-17-15-13-11-9-7-2/h9,11,15,17,21,23-24,26-27,29,80,84H,6-8,10,12-14,16,18-20,22,25,28,30-79H2,1-5H3/p+1/b11-9-,17-15-,23-21-,26-24-,29-27-. The molecular formula is C84H156NO8+. The molecule has 0 aliphatic rings. The second kappa shape index (κ2) is 74.8. The molecule has 0 saturated heterocycles. The van der Waals surface area contributed by atoms with Gasteiger partial charge in [0.25, 0.3) is 6.29 Å². The summed E-state index contributed by atoms with van der Waals surface area (Å²) in [7, 11) is 5.99. The molecule has 0 bridgehead atoms. The number of carbonyl (C=O) groups excluding carboxylic acids is 2. The summed E-state index contributed by atoms with van der Waals surface area (Å²) in [6, 6.07) is 0. The first-order valence-electron chi connectivity index (χ1n) is 40.5. The number of quaternary nitrogens is 1. The summed E-state index contributed by atoms with van der Waals surface area (Å²) >= 11 is 0. The van der Waals surface area contributed by atoms with Crippen molar-refractivity contribution >= 4 is 17.9 Å². The van der Waals surface area contributed by atoms with Crippen LogP contribution in [-0.4, -0.2) is 87.4 Å². The lowest BCUT2D eigenvalue weighted by molar-refractivity contribution is -0.870. The molecule has 0 spiro atoms. The normalized spacial score (nSPS) is 12.9. The average Bonchev–Trinajstić information content (AvgIpc) is 3.74. The maximum Gasteiger partial charge on any atom is 0.361 e. The molecule has 2 atom stereocenters. The van der Waals surface area contributed by atoms with E-state index in [1.165, 1.54) is 308 Å². The molecule has 0 radical (unpaired) electrons. The Morgan fingerprint density at radius 1 is 0.333 bits per heavy atom. The van der Waals surface area contributed by atoms with E-state index >= 15 is 0 Å². The molecule has 0 heterocycles. The van der Waals surface area contributed by atoms with Gasteiger partial charge in [-0.05, 0) is 77.0 Å². The highest BCUT2D eigenvalue weighted by atomic mass is 16.7. The quantitative estimate of drug-likeness (QED) is 0.0211. The summed E-state index contributed by atoms with van der Waals surface area (Å²) in [4.78, 5) is 37.7. The Balaban J connectivity index is 3.95. The Morgan fingerprint density at radius 3 is 0.925 bits per heavy atom. The third-order valence-electron chi connectivity index (χ3n) is 18.3. The zero-order valence-corrected chi connectivity index (χ0v) is 62.4. The van der Waals surface area contributed by atoms with Crippen LogP contribution in [0.4, 0.5) is 0 Å². The van der Waals surface area contributed by atoms with Crippen LogP contribution in [0.2, 0.25) is 0 Å². The van der Waals surface area contributed by atoms with Gasteiger partial charge in [-0.15, -0.1) is 0 Å². The molecule has 0 saturated carbocycles. The van der Waals surface area contributed by atoms with E-state index in [9.17, 15) is 19.5 Å². The van der Waals surface area contributed by atoms with Crippen LogP contribution in [0.25, 0.3) is 0 Å². The van der Waals surface area contributed by atoms with Crippen LogP contribution in [0.3, 0.4) is 0 Å². The zero-order valence-electron chi connectivity index (χ0n) is 62.4. The van der Waals surface area contributed by atoms with Gasteiger partial charge < -0.3 is 28.5 Å². The fourth-order valence-electron chi connectivity index (χ4n) is 12.1. The van der Waals surface area contributed by atoms with E-state index < -0.39 is 18.4 Å². The van der Waals surface area contributed by atoms with Gasteiger partial charge in [-0.1, -0.05) is 370 Å². The number of unbranched alkanes of at least 4 members (excludes halogenated alkanes) is 51. The van der Waals surface area contributed by atoms with Crippen molar-refractivity contribution in [2.45, 2.75) is 411 Å². The molecule has 9 nitrogen and oxygen atoms in total. The molecule has 2 unspecified atom stereocenters. The number of allylic oxidation sites excluding steroid dienone is 10. The topological polar surface area (TPSA) is 108 Å². The van der Waals surface area contributed by atoms with E-state index in [1.54, 1.807) is 0 Å². The van der Waals surface area contributed by atoms with Gasteiger partial charge in [0, 0.05) is 12.8 Å². The molecule has 0 aliphatic carbocycles. The van der Waals surface area contributed by atoms with Crippen molar-refractivity contribution in [3.8, 4) is 0 Å². The van der Waals surface area contributed by atoms with E-state index in [0.717, 1.165) is 64.2 Å². The Morgan fingerprint density at radius 2 is 0.613 bits per heavy atom. The highest BCUT2D eigenvalue weighted by Crippen LogP contribution is 2.20. The smallest absolute Gasteiger partial charge is 0.361 e. The fourth-order valence-corrected chi connectivity index (χ4v) is 12.1. The Bertz CT molecular complexity index is 1710. The van der Waals surface area contributed by atoms with E-state index in [2.05, 4.69) is 74.6 Å². The molecule has 0 amide bonds. The van der Waals surface area contributed by atoms with Gasteiger partial charge in [-0.2, -0.15) is 0 Å². The molecule has 544 valence electrons.